The first kappa shape index (κ1) is 16.2. The summed E-state index contributed by atoms with van der Waals surface area (Å²) in [6.45, 7) is 7.66. The van der Waals surface area contributed by atoms with E-state index >= 15 is 0 Å². The fraction of sp³-hybridized carbons (Fsp3) is 0.350. The molecular formula is C20H21N3OS. The van der Waals surface area contributed by atoms with Crippen LogP contribution in [-0.4, -0.2) is 34.1 Å². The van der Waals surface area contributed by atoms with Gasteiger partial charge in [-0.1, -0.05) is 30.3 Å². The standard InChI is InChI=1S/C20H21N3OS/c1-12-14(3)21-22-19-17(12)13(2)18(25-19)20(24)23-10-9-16(11-23)15-7-5-4-6-8-15/h4-8,16H,9-11H2,1-3H3. The molecule has 0 saturated carbocycles. The summed E-state index contributed by atoms with van der Waals surface area (Å²) in [5.74, 6) is 0.569. The summed E-state index contributed by atoms with van der Waals surface area (Å²) in [6.07, 6.45) is 1.03. The van der Waals surface area contributed by atoms with Crippen LogP contribution < -0.4 is 0 Å². The van der Waals surface area contributed by atoms with Crippen LogP contribution in [0.25, 0.3) is 10.2 Å². The fourth-order valence-electron chi connectivity index (χ4n) is 3.68. The number of amides is 1. The van der Waals surface area contributed by atoms with Gasteiger partial charge >= 0.3 is 0 Å². The zero-order chi connectivity index (χ0) is 17.6. The van der Waals surface area contributed by atoms with Crippen LogP contribution in [0.2, 0.25) is 0 Å². The molecule has 1 saturated heterocycles. The smallest absolute Gasteiger partial charge is 0.264 e. The average molecular weight is 351 g/mol. The van der Waals surface area contributed by atoms with Gasteiger partial charge in [0.2, 0.25) is 0 Å². The zero-order valence-corrected chi connectivity index (χ0v) is 15.6. The lowest BCUT2D eigenvalue weighted by Crippen LogP contribution is -2.28. The van der Waals surface area contributed by atoms with Crippen LogP contribution >= 0.6 is 11.3 Å². The molecule has 1 aromatic carbocycles. The van der Waals surface area contributed by atoms with Gasteiger partial charge in [0.25, 0.3) is 5.91 Å². The number of hydrogen-bond donors (Lipinski definition) is 0. The third-order valence-electron chi connectivity index (χ3n) is 5.28. The maximum atomic E-state index is 13.1. The van der Waals surface area contributed by atoms with Crippen LogP contribution in [0.4, 0.5) is 0 Å². The van der Waals surface area contributed by atoms with E-state index in [1.165, 1.54) is 16.9 Å². The first-order valence-electron chi connectivity index (χ1n) is 8.63. The Bertz CT molecular complexity index is 948. The lowest BCUT2D eigenvalue weighted by molar-refractivity contribution is 0.0795. The average Bonchev–Trinajstić information content (AvgIpc) is 3.24. The summed E-state index contributed by atoms with van der Waals surface area (Å²) >= 11 is 1.47. The second-order valence-electron chi connectivity index (χ2n) is 6.79. The molecule has 1 fully saturated rings. The van der Waals surface area contributed by atoms with E-state index in [1.54, 1.807) is 0 Å². The van der Waals surface area contributed by atoms with Gasteiger partial charge in [-0.25, -0.2) is 0 Å². The SMILES string of the molecule is Cc1nnc2sc(C(=O)N3CCC(c4ccccc4)C3)c(C)c2c1C. The maximum Gasteiger partial charge on any atom is 0.264 e. The van der Waals surface area contributed by atoms with Crippen molar-refractivity contribution >= 4 is 27.5 Å². The summed E-state index contributed by atoms with van der Waals surface area (Å²) in [4.78, 5) is 16.8. The van der Waals surface area contributed by atoms with E-state index in [2.05, 4.69) is 41.4 Å². The van der Waals surface area contributed by atoms with Crippen LogP contribution in [-0.2, 0) is 0 Å². The molecule has 1 amide bonds. The maximum absolute atomic E-state index is 13.1. The van der Waals surface area contributed by atoms with Crippen molar-refractivity contribution in [3.05, 3.63) is 57.6 Å². The molecule has 0 spiro atoms. The zero-order valence-electron chi connectivity index (χ0n) is 14.7. The summed E-state index contributed by atoms with van der Waals surface area (Å²) in [7, 11) is 0. The number of nitrogens with zero attached hydrogens (tertiary/aromatic N) is 3. The van der Waals surface area contributed by atoms with Crippen molar-refractivity contribution in [2.45, 2.75) is 33.1 Å². The Morgan fingerprint density at radius 1 is 1.12 bits per heavy atom. The molecular weight excluding hydrogens is 330 g/mol. The molecule has 0 aliphatic carbocycles. The number of carbonyl (C=O) groups is 1. The van der Waals surface area contributed by atoms with E-state index in [0.717, 1.165) is 51.4 Å². The highest BCUT2D eigenvalue weighted by Crippen LogP contribution is 2.35. The molecule has 3 heterocycles. The van der Waals surface area contributed by atoms with Gasteiger partial charge < -0.3 is 4.90 Å². The van der Waals surface area contributed by atoms with Gasteiger partial charge in [-0.2, -0.15) is 5.10 Å². The van der Waals surface area contributed by atoms with E-state index in [1.807, 2.05) is 24.8 Å². The third-order valence-corrected chi connectivity index (χ3v) is 6.44. The highest BCUT2D eigenvalue weighted by molar-refractivity contribution is 7.20. The normalized spacial score (nSPS) is 17.4. The summed E-state index contributed by atoms with van der Waals surface area (Å²) in [6, 6.07) is 10.5. The number of carbonyl (C=O) groups excluding carboxylic acids is 1. The number of fused-ring (bicyclic) bond motifs is 1. The molecule has 25 heavy (non-hydrogen) atoms. The van der Waals surface area contributed by atoms with Crippen LogP contribution in [0.3, 0.4) is 0 Å². The number of benzene rings is 1. The second kappa shape index (κ2) is 6.23. The van der Waals surface area contributed by atoms with E-state index < -0.39 is 0 Å². The fourth-order valence-corrected chi connectivity index (χ4v) is 4.83. The minimum Gasteiger partial charge on any atom is -0.337 e. The van der Waals surface area contributed by atoms with Crippen LogP contribution in [0.1, 0.15) is 44.4 Å². The van der Waals surface area contributed by atoms with Crippen molar-refractivity contribution in [3.63, 3.8) is 0 Å². The summed E-state index contributed by atoms with van der Waals surface area (Å²) in [5, 5.41) is 9.59. The minimum atomic E-state index is 0.135. The summed E-state index contributed by atoms with van der Waals surface area (Å²) < 4.78 is 0. The van der Waals surface area contributed by atoms with Crippen molar-refractivity contribution in [2.75, 3.05) is 13.1 Å². The first-order chi connectivity index (χ1) is 12.1. The second-order valence-corrected chi connectivity index (χ2v) is 7.79. The number of hydrogen-bond acceptors (Lipinski definition) is 4. The quantitative estimate of drug-likeness (QED) is 0.693. The Labute approximate surface area is 151 Å². The van der Waals surface area contributed by atoms with Crippen LogP contribution in [0, 0.1) is 20.8 Å². The first-order valence-corrected chi connectivity index (χ1v) is 9.45. The molecule has 4 nitrogen and oxygen atoms in total. The lowest BCUT2D eigenvalue weighted by atomic mass is 9.99. The van der Waals surface area contributed by atoms with E-state index in [0.29, 0.717) is 5.92 Å². The van der Waals surface area contributed by atoms with Crippen LogP contribution in [0.15, 0.2) is 30.3 Å². The number of aromatic nitrogens is 2. The molecule has 0 radical (unpaired) electrons. The highest BCUT2D eigenvalue weighted by Gasteiger charge is 2.30. The Hall–Kier alpha value is -2.27. The Morgan fingerprint density at radius 3 is 2.64 bits per heavy atom. The van der Waals surface area contributed by atoms with E-state index in [-0.39, 0.29) is 5.91 Å². The Balaban J connectivity index is 1.63. The van der Waals surface area contributed by atoms with Crippen molar-refractivity contribution in [1.82, 2.24) is 15.1 Å². The number of likely N-dealkylation sites (tertiary alicyclic amines) is 1. The molecule has 128 valence electrons. The number of thiophene rings is 1. The predicted octanol–water partition coefficient (Wildman–Crippen LogP) is 4.25. The lowest BCUT2D eigenvalue weighted by Gasteiger charge is -2.16. The minimum absolute atomic E-state index is 0.135. The number of aryl methyl sites for hydroxylation is 3. The van der Waals surface area contributed by atoms with Gasteiger partial charge in [0.05, 0.1) is 10.6 Å². The largest absolute Gasteiger partial charge is 0.337 e. The van der Waals surface area contributed by atoms with Gasteiger partial charge in [-0.3, -0.25) is 4.79 Å². The third kappa shape index (κ3) is 2.72. The van der Waals surface area contributed by atoms with E-state index in [4.69, 9.17) is 0 Å². The van der Waals surface area contributed by atoms with Gasteiger partial charge in [-0.15, -0.1) is 16.4 Å². The van der Waals surface area contributed by atoms with Crippen molar-refractivity contribution in [2.24, 2.45) is 0 Å². The highest BCUT2D eigenvalue weighted by atomic mass is 32.1. The molecule has 1 aliphatic rings. The predicted molar refractivity (Wildman–Crippen MR) is 101 cm³/mol. The van der Waals surface area contributed by atoms with Gasteiger partial charge in [0, 0.05) is 24.4 Å². The molecule has 1 aliphatic heterocycles. The molecule has 1 unspecified atom stereocenters. The molecule has 2 aromatic heterocycles. The molecule has 1 atom stereocenters. The van der Waals surface area contributed by atoms with Gasteiger partial charge in [-0.05, 0) is 43.9 Å². The van der Waals surface area contributed by atoms with Crippen molar-refractivity contribution in [3.8, 4) is 0 Å². The van der Waals surface area contributed by atoms with E-state index in [9.17, 15) is 4.79 Å². The van der Waals surface area contributed by atoms with Crippen LogP contribution in [0.5, 0.6) is 0 Å². The Morgan fingerprint density at radius 2 is 1.88 bits per heavy atom. The van der Waals surface area contributed by atoms with Crippen molar-refractivity contribution < 1.29 is 4.79 Å². The van der Waals surface area contributed by atoms with Crippen molar-refractivity contribution in [1.29, 1.82) is 0 Å². The van der Waals surface area contributed by atoms with Gasteiger partial charge in [0.1, 0.15) is 4.83 Å². The molecule has 0 N–H and O–H groups in total. The summed E-state index contributed by atoms with van der Waals surface area (Å²) in [5.41, 5.74) is 4.42. The topological polar surface area (TPSA) is 46.1 Å². The Kier molecular flexibility index (Phi) is 4.04. The molecule has 3 aromatic rings. The monoisotopic (exact) mass is 351 g/mol. The van der Waals surface area contributed by atoms with Gasteiger partial charge in [0.15, 0.2) is 0 Å². The molecule has 4 rings (SSSR count). The molecule has 0 bridgehead atoms. The molecule has 5 heteroatoms. The number of rotatable bonds is 2.